The lowest BCUT2D eigenvalue weighted by molar-refractivity contribution is 0.159. The summed E-state index contributed by atoms with van der Waals surface area (Å²) in [6, 6.07) is 5.72. The van der Waals surface area contributed by atoms with Crippen LogP contribution in [0.5, 0.6) is 5.75 Å². The van der Waals surface area contributed by atoms with Crippen LogP contribution >= 0.6 is 15.9 Å². The second kappa shape index (κ2) is 6.92. The van der Waals surface area contributed by atoms with E-state index in [-0.39, 0.29) is 0 Å². The van der Waals surface area contributed by atoms with Crippen LogP contribution in [0.2, 0.25) is 0 Å². The Morgan fingerprint density at radius 2 is 2.12 bits per heavy atom. The molecular formula is C13H19BrO2. The lowest BCUT2D eigenvalue weighted by Gasteiger charge is -2.15. The van der Waals surface area contributed by atoms with Crippen LogP contribution in [0, 0.1) is 0 Å². The van der Waals surface area contributed by atoms with Gasteiger partial charge in [-0.3, -0.25) is 0 Å². The minimum absolute atomic E-state index is 0.431. The van der Waals surface area contributed by atoms with Gasteiger partial charge in [-0.15, -0.1) is 0 Å². The van der Waals surface area contributed by atoms with Gasteiger partial charge >= 0.3 is 0 Å². The van der Waals surface area contributed by atoms with Gasteiger partial charge in [0.15, 0.2) is 0 Å². The lowest BCUT2D eigenvalue weighted by Crippen LogP contribution is -2.00. The van der Waals surface area contributed by atoms with Crippen LogP contribution in [0.15, 0.2) is 22.7 Å². The van der Waals surface area contributed by atoms with Crippen molar-refractivity contribution in [1.82, 2.24) is 0 Å². The summed E-state index contributed by atoms with van der Waals surface area (Å²) in [5.41, 5.74) is 0.868. The Bertz CT molecular complexity index is 326. The first-order chi connectivity index (χ1) is 7.69. The van der Waals surface area contributed by atoms with Gasteiger partial charge in [0.05, 0.1) is 13.2 Å². The molecule has 1 aromatic rings. The van der Waals surface area contributed by atoms with E-state index in [1.807, 2.05) is 18.2 Å². The first kappa shape index (κ1) is 13.5. The highest BCUT2D eigenvalue weighted by Gasteiger charge is 2.13. The number of ether oxygens (including phenoxy) is 1. The van der Waals surface area contributed by atoms with Gasteiger partial charge in [0.1, 0.15) is 5.75 Å². The first-order valence-corrected chi connectivity index (χ1v) is 6.49. The minimum Gasteiger partial charge on any atom is -0.496 e. The molecule has 90 valence electrons. The topological polar surface area (TPSA) is 29.5 Å². The quantitative estimate of drug-likeness (QED) is 0.799. The molecule has 0 saturated carbocycles. The van der Waals surface area contributed by atoms with Crippen LogP contribution < -0.4 is 4.74 Å². The highest BCUT2D eigenvalue weighted by atomic mass is 79.9. The number of hydrogen-bond donors (Lipinski definition) is 1. The molecule has 1 unspecified atom stereocenters. The molecule has 16 heavy (non-hydrogen) atoms. The minimum atomic E-state index is -0.431. The van der Waals surface area contributed by atoms with E-state index in [0.29, 0.717) is 0 Å². The standard InChI is InChI=1S/C13H19BrO2/c1-3-4-5-6-12(15)11-9-10(14)7-8-13(11)16-2/h7-9,12,15H,3-6H2,1-2H3. The van der Waals surface area contributed by atoms with E-state index < -0.39 is 6.10 Å². The molecule has 1 atom stereocenters. The fourth-order valence-electron chi connectivity index (χ4n) is 1.71. The summed E-state index contributed by atoms with van der Waals surface area (Å²) < 4.78 is 6.22. The molecule has 0 bridgehead atoms. The number of methoxy groups -OCH3 is 1. The third-order valence-corrected chi connectivity index (χ3v) is 3.13. The Morgan fingerprint density at radius 3 is 2.75 bits per heavy atom. The van der Waals surface area contributed by atoms with Gasteiger partial charge in [-0.2, -0.15) is 0 Å². The molecule has 0 amide bonds. The van der Waals surface area contributed by atoms with Gasteiger partial charge in [0.25, 0.3) is 0 Å². The van der Waals surface area contributed by atoms with Crippen molar-refractivity contribution in [3.05, 3.63) is 28.2 Å². The van der Waals surface area contributed by atoms with Crippen LogP contribution in [0.1, 0.15) is 44.3 Å². The largest absolute Gasteiger partial charge is 0.496 e. The second-order valence-electron chi connectivity index (χ2n) is 3.90. The molecule has 0 aliphatic heterocycles. The Labute approximate surface area is 106 Å². The van der Waals surface area contributed by atoms with Crippen molar-refractivity contribution >= 4 is 15.9 Å². The highest BCUT2D eigenvalue weighted by Crippen LogP contribution is 2.31. The van der Waals surface area contributed by atoms with Crippen molar-refractivity contribution in [3.8, 4) is 5.75 Å². The van der Waals surface area contributed by atoms with E-state index in [4.69, 9.17) is 4.74 Å². The molecule has 0 aliphatic rings. The third-order valence-electron chi connectivity index (χ3n) is 2.63. The molecule has 1 N–H and O–H groups in total. The zero-order valence-electron chi connectivity index (χ0n) is 9.87. The van der Waals surface area contributed by atoms with Gasteiger partial charge < -0.3 is 9.84 Å². The second-order valence-corrected chi connectivity index (χ2v) is 4.81. The fourth-order valence-corrected chi connectivity index (χ4v) is 2.09. The number of benzene rings is 1. The molecule has 3 heteroatoms. The Kier molecular flexibility index (Phi) is 5.85. The fraction of sp³-hybridized carbons (Fsp3) is 0.538. The number of aliphatic hydroxyl groups excluding tert-OH is 1. The number of halogens is 1. The number of aliphatic hydroxyl groups is 1. The van der Waals surface area contributed by atoms with E-state index >= 15 is 0 Å². The molecule has 0 saturated heterocycles. The first-order valence-electron chi connectivity index (χ1n) is 5.70. The maximum atomic E-state index is 10.1. The van der Waals surface area contributed by atoms with E-state index in [2.05, 4.69) is 22.9 Å². The number of rotatable bonds is 6. The maximum Gasteiger partial charge on any atom is 0.124 e. The van der Waals surface area contributed by atoms with Crippen molar-refractivity contribution < 1.29 is 9.84 Å². The van der Waals surface area contributed by atoms with Gasteiger partial charge in [-0.05, 0) is 24.6 Å². The maximum absolute atomic E-state index is 10.1. The SMILES string of the molecule is CCCCCC(O)c1cc(Br)ccc1OC. The molecule has 0 radical (unpaired) electrons. The summed E-state index contributed by atoms with van der Waals surface area (Å²) >= 11 is 3.41. The molecule has 0 aromatic heterocycles. The predicted molar refractivity (Wildman–Crippen MR) is 69.8 cm³/mol. The number of unbranched alkanes of at least 4 members (excludes halogenated alkanes) is 2. The zero-order chi connectivity index (χ0) is 12.0. The average molecular weight is 287 g/mol. The normalized spacial score (nSPS) is 12.5. The Hall–Kier alpha value is -0.540. The summed E-state index contributed by atoms with van der Waals surface area (Å²) in [5.74, 6) is 0.757. The van der Waals surface area contributed by atoms with Crippen LogP contribution in [0.4, 0.5) is 0 Å². The van der Waals surface area contributed by atoms with Crippen LogP contribution in [0.25, 0.3) is 0 Å². The van der Waals surface area contributed by atoms with Crippen LogP contribution in [-0.2, 0) is 0 Å². The van der Waals surface area contributed by atoms with Crippen LogP contribution in [-0.4, -0.2) is 12.2 Å². The predicted octanol–water partition coefficient (Wildman–Crippen LogP) is 4.07. The summed E-state index contributed by atoms with van der Waals surface area (Å²) in [6.45, 7) is 2.16. The summed E-state index contributed by atoms with van der Waals surface area (Å²) in [5, 5.41) is 10.1. The molecule has 0 spiro atoms. The molecule has 0 heterocycles. The Morgan fingerprint density at radius 1 is 1.38 bits per heavy atom. The summed E-state index contributed by atoms with van der Waals surface area (Å²) in [6.07, 6.45) is 3.74. The van der Waals surface area contributed by atoms with Gasteiger partial charge in [0, 0.05) is 10.0 Å². The van der Waals surface area contributed by atoms with Crippen LogP contribution in [0.3, 0.4) is 0 Å². The van der Waals surface area contributed by atoms with E-state index in [1.165, 1.54) is 6.42 Å². The van der Waals surface area contributed by atoms with E-state index in [1.54, 1.807) is 7.11 Å². The Balaban J connectivity index is 2.72. The molecule has 1 aromatic carbocycles. The van der Waals surface area contributed by atoms with Crippen molar-refractivity contribution in [2.75, 3.05) is 7.11 Å². The van der Waals surface area contributed by atoms with Gasteiger partial charge in [-0.1, -0.05) is 42.1 Å². The smallest absolute Gasteiger partial charge is 0.124 e. The summed E-state index contributed by atoms with van der Waals surface area (Å²) in [7, 11) is 1.63. The van der Waals surface area contributed by atoms with Crippen molar-refractivity contribution in [2.45, 2.75) is 38.7 Å². The highest BCUT2D eigenvalue weighted by molar-refractivity contribution is 9.10. The van der Waals surface area contributed by atoms with E-state index in [9.17, 15) is 5.11 Å². The zero-order valence-corrected chi connectivity index (χ0v) is 11.5. The van der Waals surface area contributed by atoms with Crippen molar-refractivity contribution in [1.29, 1.82) is 0 Å². The molecule has 0 aliphatic carbocycles. The van der Waals surface area contributed by atoms with Gasteiger partial charge in [0.2, 0.25) is 0 Å². The summed E-state index contributed by atoms with van der Waals surface area (Å²) in [4.78, 5) is 0. The van der Waals surface area contributed by atoms with Gasteiger partial charge in [-0.25, -0.2) is 0 Å². The van der Waals surface area contributed by atoms with E-state index in [0.717, 1.165) is 35.0 Å². The van der Waals surface area contributed by atoms with Crippen molar-refractivity contribution in [2.24, 2.45) is 0 Å². The van der Waals surface area contributed by atoms with Crippen molar-refractivity contribution in [3.63, 3.8) is 0 Å². The lowest BCUT2D eigenvalue weighted by atomic mass is 10.0. The molecule has 1 rings (SSSR count). The number of hydrogen-bond acceptors (Lipinski definition) is 2. The molecule has 0 fully saturated rings. The monoisotopic (exact) mass is 286 g/mol. The third kappa shape index (κ3) is 3.80. The molecule has 2 nitrogen and oxygen atoms in total. The molecular weight excluding hydrogens is 268 g/mol. The average Bonchev–Trinajstić information content (AvgIpc) is 2.29.